The van der Waals surface area contributed by atoms with Crippen LogP contribution < -0.4 is 5.56 Å². The number of aryl methyl sites for hydroxylation is 1. The number of rotatable bonds is 1. The fourth-order valence-electron chi connectivity index (χ4n) is 2.78. The molecule has 2 aromatic carbocycles. The zero-order valence-electron chi connectivity index (χ0n) is 11.8. The molecule has 2 aromatic heterocycles. The van der Waals surface area contributed by atoms with Crippen molar-refractivity contribution in [1.82, 2.24) is 14.5 Å². The molecule has 0 bridgehead atoms. The van der Waals surface area contributed by atoms with Crippen LogP contribution in [0, 0.1) is 0 Å². The van der Waals surface area contributed by atoms with E-state index in [1.807, 2.05) is 48.7 Å². The number of halogens is 1. The van der Waals surface area contributed by atoms with E-state index >= 15 is 0 Å². The Hall–Kier alpha value is -2.40. The number of benzene rings is 2. The van der Waals surface area contributed by atoms with E-state index in [4.69, 9.17) is 0 Å². The Morgan fingerprint density at radius 2 is 1.95 bits per heavy atom. The quantitative estimate of drug-likeness (QED) is 0.565. The summed E-state index contributed by atoms with van der Waals surface area (Å²) >= 11 is 3.56. The Bertz CT molecular complexity index is 1080. The number of H-pyrrole nitrogens is 1. The zero-order valence-corrected chi connectivity index (χ0v) is 13.4. The van der Waals surface area contributed by atoms with Crippen LogP contribution >= 0.6 is 15.9 Å². The van der Waals surface area contributed by atoms with Crippen molar-refractivity contribution in [3.05, 3.63) is 63.5 Å². The summed E-state index contributed by atoms with van der Waals surface area (Å²) in [5, 5.41) is 0.974. The Balaban J connectivity index is 2.13. The van der Waals surface area contributed by atoms with E-state index in [1.165, 1.54) is 0 Å². The second-order valence-corrected chi connectivity index (χ2v) is 6.03. The molecular weight excluding hydrogens is 342 g/mol. The van der Waals surface area contributed by atoms with Crippen LogP contribution in [0.1, 0.15) is 0 Å². The lowest BCUT2D eigenvalue weighted by atomic mass is 10.1. The number of hydrogen-bond donors (Lipinski definition) is 1. The molecular formula is C17H12BrN3O. The first-order chi connectivity index (χ1) is 10.7. The Labute approximate surface area is 134 Å². The minimum absolute atomic E-state index is 0.102. The van der Waals surface area contributed by atoms with E-state index in [2.05, 4.69) is 25.9 Å². The molecule has 0 saturated carbocycles. The number of hydrogen-bond acceptors (Lipinski definition) is 2. The van der Waals surface area contributed by atoms with Crippen molar-refractivity contribution in [3.63, 3.8) is 0 Å². The van der Waals surface area contributed by atoms with Gasteiger partial charge in [0, 0.05) is 34.2 Å². The number of aromatic amines is 1. The molecule has 0 atom stereocenters. The number of fused-ring (bicyclic) bond motifs is 2. The summed E-state index contributed by atoms with van der Waals surface area (Å²) in [6.07, 6.45) is 1.84. The van der Waals surface area contributed by atoms with Gasteiger partial charge in [0.25, 0.3) is 5.56 Å². The third kappa shape index (κ3) is 1.82. The summed E-state index contributed by atoms with van der Waals surface area (Å²) in [7, 11) is 1.78. The van der Waals surface area contributed by atoms with Crippen molar-refractivity contribution in [1.29, 1.82) is 0 Å². The fourth-order valence-corrected chi connectivity index (χ4v) is 3.36. The van der Waals surface area contributed by atoms with E-state index in [0.29, 0.717) is 5.69 Å². The molecule has 4 rings (SSSR count). The number of para-hydroxylation sites is 2. The molecule has 4 nitrogen and oxygen atoms in total. The van der Waals surface area contributed by atoms with Gasteiger partial charge in [-0.2, -0.15) is 0 Å². The molecule has 1 N–H and O–H groups in total. The lowest BCUT2D eigenvalue weighted by Gasteiger charge is -2.07. The lowest BCUT2D eigenvalue weighted by Crippen LogP contribution is -2.20. The van der Waals surface area contributed by atoms with Gasteiger partial charge in [0.05, 0.1) is 11.0 Å². The van der Waals surface area contributed by atoms with Gasteiger partial charge in [-0.3, -0.25) is 4.79 Å². The van der Waals surface area contributed by atoms with Crippen LogP contribution in [0.4, 0.5) is 0 Å². The highest BCUT2D eigenvalue weighted by Gasteiger charge is 2.15. The molecule has 4 aromatic rings. The molecule has 0 saturated heterocycles. The van der Waals surface area contributed by atoms with Crippen LogP contribution in [0.3, 0.4) is 0 Å². The maximum atomic E-state index is 12.7. The predicted octanol–water partition coefficient (Wildman–Crippen LogP) is 3.84. The van der Waals surface area contributed by atoms with Crippen LogP contribution in [0.25, 0.3) is 33.2 Å². The van der Waals surface area contributed by atoms with Crippen LogP contribution in [-0.2, 0) is 7.05 Å². The van der Waals surface area contributed by atoms with Crippen molar-refractivity contribution < 1.29 is 0 Å². The second-order valence-electron chi connectivity index (χ2n) is 5.18. The normalized spacial score (nSPS) is 11.4. The molecule has 0 fully saturated rings. The first-order valence-corrected chi connectivity index (χ1v) is 7.68. The molecule has 0 radical (unpaired) electrons. The highest BCUT2D eigenvalue weighted by Crippen LogP contribution is 2.32. The fraction of sp³-hybridized carbons (Fsp3) is 0.0588. The average molecular weight is 354 g/mol. The standard InChI is InChI=1S/C17H12BrN3O/c1-21-14-8-3-2-6-12(14)20-16(17(21)22)10-9-19-13-7-4-5-11(18)15(10)13/h2-9,19H,1H3. The molecule has 22 heavy (non-hydrogen) atoms. The van der Waals surface area contributed by atoms with Gasteiger partial charge >= 0.3 is 0 Å². The third-order valence-corrected chi connectivity index (χ3v) is 4.55. The molecule has 108 valence electrons. The van der Waals surface area contributed by atoms with E-state index in [-0.39, 0.29) is 5.56 Å². The molecule has 0 aliphatic rings. The predicted molar refractivity (Wildman–Crippen MR) is 92.0 cm³/mol. The molecule has 5 heteroatoms. The van der Waals surface area contributed by atoms with Gasteiger partial charge < -0.3 is 9.55 Å². The van der Waals surface area contributed by atoms with E-state index in [0.717, 1.165) is 32.0 Å². The van der Waals surface area contributed by atoms with Crippen molar-refractivity contribution in [3.8, 4) is 11.3 Å². The van der Waals surface area contributed by atoms with Crippen LogP contribution in [-0.4, -0.2) is 14.5 Å². The van der Waals surface area contributed by atoms with E-state index in [9.17, 15) is 4.79 Å². The third-order valence-electron chi connectivity index (χ3n) is 3.89. The van der Waals surface area contributed by atoms with E-state index in [1.54, 1.807) is 11.6 Å². The average Bonchev–Trinajstić information content (AvgIpc) is 2.96. The summed E-state index contributed by atoms with van der Waals surface area (Å²) in [4.78, 5) is 20.5. The highest BCUT2D eigenvalue weighted by atomic mass is 79.9. The van der Waals surface area contributed by atoms with E-state index < -0.39 is 0 Å². The summed E-state index contributed by atoms with van der Waals surface area (Å²) in [6, 6.07) is 13.6. The first kappa shape index (κ1) is 13.3. The van der Waals surface area contributed by atoms with Crippen LogP contribution in [0.2, 0.25) is 0 Å². The topological polar surface area (TPSA) is 50.7 Å². The number of nitrogens with one attached hydrogen (secondary N) is 1. The monoisotopic (exact) mass is 353 g/mol. The lowest BCUT2D eigenvalue weighted by molar-refractivity contribution is 0.896. The maximum absolute atomic E-state index is 12.7. The number of nitrogens with zero attached hydrogens (tertiary/aromatic N) is 2. The highest BCUT2D eigenvalue weighted by molar-refractivity contribution is 9.10. The van der Waals surface area contributed by atoms with Crippen molar-refractivity contribution in [2.45, 2.75) is 0 Å². The van der Waals surface area contributed by atoms with Gasteiger partial charge in [0.1, 0.15) is 5.69 Å². The molecule has 2 heterocycles. The maximum Gasteiger partial charge on any atom is 0.277 e. The summed E-state index contributed by atoms with van der Waals surface area (Å²) in [5.41, 5.74) is 3.78. The van der Waals surface area contributed by atoms with Gasteiger partial charge in [0.2, 0.25) is 0 Å². The molecule has 0 spiro atoms. The summed E-state index contributed by atoms with van der Waals surface area (Å²) in [6.45, 7) is 0. The minimum atomic E-state index is -0.102. The van der Waals surface area contributed by atoms with Crippen molar-refractivity contribution >= 4 is 37.9 Å². The first-order valence-electron chi connectivity index (χ1n) is 6.88. The molecule has 0 unspecified atom stereocenters. The van der Waals surface area contributed by atoms with Gasteiger partial charge in [-0.1, -0.05) is 34.1 Å². The number of aromatic nitrogens is 3. The molecule has 0 amide bonds. The smallest absolute Gasteiger partial charge is 0.277 e. The summed E-state index contributed by atoms with van der Waals surface area (Å²) < 4.78 is 2.59. The zero-order chi connectivity index (χ0) is 15.3. The largest absolute Gasteiger partial charge is 0.360 e. The molecule has 0 aliphatic carbocycles. The van der Waals surface area contributed by atoms with Crippen LogP contribution in [0.15, 0.2) is 57.9 Å². The summed E-state index contributed by atoms with van der Waals surface area (Å²) in [5.74, 6) is 0. The molecule has 0 aliphatic heterocycles. The van der Waals surface area contributed by atoms with Gasteiger partial charge in [-0.05, 0) is 24.3 Å². The van der Waals surface area contributed by atoms with Crippen LogP contribution in [0.5, 0.6) is 0 Å². The Kier molecular flexibility index (Phi) is 2.90. The van der Waals surface area contributed by atoms with Gasteiger partial charge in [-0.15, -0.1) is 0 Å². The Morgan fingerprint density at radius 1 is 1.14 bits per heavy atom. The van der Waals surface area contributed by atoms with Gasteiger partial charge in [-0.25, -0.2) is 4.98 Å². The Morgan fingerprint density at radius 3 is 2.82 bits per heavy atom. The van der Waals surface area contributed by atoms with Crippen molar-refractivity contribution in [2.75, 3.05) is 0 Å². The van der Waals surface area contributed by atoms with Gasteiger partial charge in [0.15, 0.2) is 0 Å². The SMILES string of the molecule is Cn1c(=O)c(-c2c[nH]c3cccc(Br)c23)nc2ccccc21. The van der Waals surface area contributed by atoms with Crippen molar-refractivity contribution in [2.24, 2.45) is 7.05 Å². The second kappa shape index (κ2) is 4.81. The minimum Gasteiger partial charge on any atom is -0.360 e.